The molecule has 4 rings (SSSR count). The fraction of sp³-hybridized carbons (Fsp3) is 0. The van der Waals surface area contributed by atoms with Gasteiger partial charge in [-0.3, -0.25) is 14.4 Å². The van der Waals surface area contributed by atoms with E-state index in [2.05, 4.69) is 10.6 Å². The van der Waals surface area contributed by atoms with E-state index in [9.17, 15) is 14.4 Å². The summed E-state index contributed by atoms with van der Waals surface area (Å²) in [7, 11) is 0. The van der Waals surface area contributed by atoms with Crippen LogP contribution < -0.4 is 15.5 Å². The Morgan fingerprint density at radius 2 is 1.47 bits per heavy atom. The van der Waals surface area contributed by atoms with Crippen LogP contribution in [0.3, 0.4) is 0 Å². The van der Waals surface area contributed by atoms with Crippen LogP contribution in [0.4, 0.5) is 17.1 Å². The summed E-state index contributed by atoms with van der Waals surface area (Å²) in [4.78, 5) is 38.8. The van der Waals surface area contributed by atoms with Gasteiger partial charge in [0.05, 0.1) is 10.7 Å². The Hall–Kier alpha value is -3.32. The molecule has 0 aromatic heterocycles. The van der Waals surface area contributed by atoms with Crippen LogP contribution in [0.2, 0.25) is 10.0 Å². The first-order chi connectivity index (χ1) is 15.3. The van der Waals surface area contributed by atoms with E-state index in [0.29, 0.717) is 22.0 Å². The third-order valence-corrected chi connectivity index (χ3v) is 5.51. The van der Waals surface area contributed by atoms with E-state index < -0.39 is 11.8 Å². The molecule has 0 fully saturated rings. The van der Waals surface area contributed by atoms with Crippen molar-refractivity contribution >= 4 is 69.6 Å². The molecule has 1 heterocycles. The Morgan fingerprint density at radius 3 is 2.12 bits per heavy atom. The number of carbonyl (C=O) groups is 3. The number of nitrogens with zero attached hydrogens (tertiary/aromatic N) is 1. The van der Waals surface area contributed by atoms with Crippen molar-refractivity contribution in [3.63, 3.8) is 0 Å². The van der Waals surface area contributed by atoms with E-state index in [4.69, 9.17) is 34.8 Å². The molecule has 0 bridgehead atoms. The Balaban J connectivity index is 1.50. The van der Waals surface area contributed by atoms with Crippen molar-refractivity contribution in [3.05, 3.63) is 99.1 Å². The maximum atomic E-state index is 12.9. The summed E-state index contributed by atoms with van der Waals surface area (Å²) in [6, 6.07) is 19.8. The molecule has 1 aliphatic heterocycles. The smallest absolute Gasteiger partial charge is 0.283 e. The maximum Gasteiger partial charge on any atom is 0.283 e. The van der Waals surface area contributed by atoms with Gasteiger partial charge in [-0.25, -0.2) is 4.90 Å². The van der Waals surface area contributed by atoms with Crippen molar-refractivity contribution in [1.29, 1.82) is 0 Å². The number of hydrogen-bond donors (Lipinski definition) is 2. The van der Waals surface area contributed by atoms with Gasteiger partial charge < -0.3 is 10.6 Å². The predicted molar refractivity (Wildman–Crippen MR) is 126 cm³/mol. The normalized spacial score (nSPS) is 13.5. The molecule has 0 atom stereocenters. The van der Waals surface area contributed by atoms with Crippen LogP contribution in [0.15, 0.2) is 83.5 Å². The van der Waals surface area contributed by atoms with E-state index in [0.717, 1.165) is 4.90 Å². The highest BCUT2D eigenvalue weighted by Gasteiger charge is 2.39. The van der Waals surface area contributed by atoms with Crippen LogP contribution in [0.5, 0.6) is 0 Å². The Morgan fingerprint density at radius 1 is 0.781 bits per heavy atom. The van der Waals surface area contributed by atoms with Crippen LogP contribution in [0, 0.1) is 0 Å². The average molecular weight is 487 g/mol. The molecule has 0 spiro atoms. The van der Waals surface area contributed by atoms with E-state index in [1.165, 1.54) is 18.2 Å². The first-order valence-electron chi connectivity index (χ1n) is 9.32. The van der Waals surface area contributed by atoms with Gasteiger partial charge >= 0.3 is 0 Å². The van der Waals surface area contributed by atoms with Gasteiger partial charge in [0, 0.05) is 22.0 Å². The van der Waals surface area contributed by atoms with Gasteiger partial charge in [0.15, 0.2) is 0 Å². The summed E-state index contributed by atoms with van der Waals surface area (Å²) >= 11 is 18.2. The molecule has 6 nitrogen and oxygen atoms in total. The highest BCUT2D eigenvalue weighted by Crippen LogP contribution is 2.35. The Kier molecular flexibility index (Phi) is 6.19. The van der Waals surface area contributed by atoms with E-state index in [1.807, 2.05) is 18.2 Å². The largest absolute Gasteiger partial charge is 0.350 e. The number of nitrogens with one attached hydrogen (secondary N) is 2. The van der Waals surface area contributed by atoms with Gasteiger partial charge in [-0.1, -0.05) is 53.0 Å². The van der Waals surface area contributed by atoms with Gasteiger partial charge in [0.2, 0.25) is 0 Å². The maximum absolute atomic E-state index is 12.9. The molecule has 1 aliphatic rings. The second-order valence-electron chi connectivity index (χ2n) is 6.75. The molecule has 0 saturated carbocycles. The summed E-state index contributed by atoms with van der Waals surface area (Å²) < 4.78 is 0. The highest BCUT2D eigenvalue weighted by molar-refractivity contribution is 6.53. The zero-order valence-electron chi connectivity index (χ0n) is 16.2. The third-order valence-electron chi connectivity index (χ3n) is 4.63. The predicted octanol–water partition coefficient (Wildman–Crippen LogP) is 5.68. The molecule has 32 heavy (non-hydrogen) atoms. The van der Waals surface area contributed by atoms with Crippen LogP contribution in [0.25, 0.3) is 0 Å². The van der Waals surface area contributed by atoms with Crippen LogP contribution in [-0.4, -0.2) is 17.7 Å². The molecule has 3 aromatic carbocycles. The number of imide groups is 1. The highest BCUT2D eigenvalue weighted by atomic mass is 35.5. The second kappa shape index (κ2) is 9.04. The number of hydrogen-bond acceptors (Lipinski definition) is 4. The molecular weight excluding hydrogens is 473 g/mol. The number of para-hydroxylation sites is 1. The minimum Gasteiger partial charge on any atom is -0.350 e. The van der Waals surface area contributed by atoms with Gasteiger partial charge in [-0.05, 0) is 54.6 Å². The SMILES string of the molecule is O=C(Nc1ccccc1)c1ccc(NC2=C(Cl)C(=O)N(c3ccc(Cl)cc3Cl)C2=O)cc1. The number of amides is 3. The van der Waals surface area contributed by atoms with E-state index in [1.54, 1.807) is 36.4 Å². The van der Waals surface area contributed by atoms with Gasteiger partial charge in [-0.2, -0.15) is 0 Å². The molecule has 0 unspecified atom stereocenters. The van der Waals surface area contributed by atoms with Crippen LogP contribution >= 0.6 is 34.8 Å². The molecular formula is C23H14Cl3N3O3. The summed E-state index contributed by atoms with van der Waals surface area (Å²) in [5, 5.41) is 5.87. The molecule has 0 radical (unpaired) electrons. The van der Waals surface area contributed by atoms with E-state index >= 15 is 0 Å². The zero-order chi connectivity index (χ0) is 22.8. The minimum atomic E-state index is -0.706. The molecule has 2 N–H and O–H groups in total. The van der Waals surface area contributed by atoms with Crippen molar-refractivity contribution < 1.29 is 14.4 Å². The summed E-state index contributed by atoms with van der Waals surface area (Å²) in [6.45, 7) is 0. The van der Waals surface area contributed by atoms with Crippen LogP contribution in [0.1, 0.15) is 10.4 Å². The second-order valence-corrected chi connectivity index (χ2v) is 7.97. The molecule has 3 aromatic rings. The van der Waals surface area contributed by atoms with Gasteiger partial charge in [0.1, 0.15) is 10.7 Å². The lowest BCUT2D eigenvalue weighted by molar-refractivity contribution is -0.120. The lowest BCUT2D eigenvalue weighted by atomic mass is 10.2. The monoisotopic (exact) mass is 485 g/mol. The Labute approximate surface area is 198 Å². The molecule has 0 saturated heterocycles. The standard InChI is InChI=1S/C23H14Cl3N3O3/c24-14-8-11-18(17(25)12-14)29-22(31)19(26)20(23(29)32)27-16-9-6-13(7-10-16)21(30)28-15-4-2-1-3-5-15/h1-12,27H,(H,28,30). The number of rotatable bonds is 5. The summed E-state index contributed by atoms with van der Waals surface area (Å²) in [6.07, 6.45) is 0. The van der Waals surface area contributed by atoms with Crippen molar-refractivity contribution in [3.8, 4) is 0 Å². The summed E-state index contributed by atoms with van der Waals surface area (Å²) in [5.41, 5.74) is 1.65. The number of benzene rings is 3. The van der Waals surface area contributed by atoms with Crippen molar-refractivity contribution in [2.75, 3.05) is 15.5 Å². The quantitative estimate of drug-likeness (QED) is 0.455. The number of halogens is 3. The number of carbonyl (C=O) groups excluding carboxylic acids is 3. The first kappa shape index (κ1) is 21.9. The molecule has 0 aliphatic carbocycles. The lowest BCUT2D eigenvalue weighted by Gasteiger charge is -2.16. The van der Waals surface area contributed by atoms with Crippen LogP contribution in [-0.2, 0) is 9.59 Å². The first-order valence-corrected chi connectivity index (χ1v) is 10.5. The third kappa shape index (κ3) is 4.34. The molecule has 160 valence electrons. The average Bonchev–Trinajstić information content (AvgIpc) is 2.98. The lowest BCUT2D eigenvalue weighted by Crippen LogP contribution is -2.32. The topological polar surface area (TPSA) is 78.5 Å². The number of anilines is 3. The zero-order valence-corrected chi connectivity index (χ0v) is 18.5. The fourth-order valence-corrected chi connectivity index (χ4v) is 3.77. The van der Waals surface area contributed by atoms with Gasteiger partial charge in [0.25, 0.3) is 17.7 Å². The van der Waals surface area contributed by atoms with E-state index in [-0.39, 0.29) is 27.3 Å². The van der Waals surface area contributed by atoms with Crippen molar-refractivity contribution in [2.45, 2.75) is 0 Å². The molecule has 3 amide bonds. The van der Waals surface area contributed by atoms with Gasteiger partial charge in [-0.15, -0.1) is 0 Å². The molecule has 9 heteroatoms. The summed E-state index contributed by atoms with van der Waals surface area (Å²) in [5.74, 6) is -1.65. The van der Waals surface area contributed by atoms with Crippen molar-refractivity contribution in [1.82, 2.24) is 0 Å². The fourth-order valence-electron chi connectivity index (χ4n) is 3.07. The minimum absolute atomic E-state index is 0.0934. The Bertz CT molecular complexity index is 1260. The van der Waals surface area contributed by atoms with Crippen molar-refractivity contribution in [2.24, 2.45) is 0 Å².